The van der Waals surface area contributed by atoms with E-state index in [1.54, 1.807) is 17.0 Å². The molecule has 2 amide bonds. The molecule has 2 aromatic carbocycles. The molecule has 3 unspecified atom stereocenters. The van der Waals surface area contributed by atoms with E-state index in [2.05, 4.69) is 10.2 Å². The lowest BCUT2D eigenvalue weighted by Gasteiger charge is -2.37. The van der Waals surface area contributed by atoms with Gasteiger partial charge in [-0.15, -0.1) is 0 Å². The van der Waals surface area contributed by atoms with Gasteiger partial charge in [-0.3, -0.25) is 14.5 Å². The Morgan fingerprint density at radius 3 is 2.75 bits per heavy atom. The third kappa shape index (κ3) is 2.23. The van der Waals surface area contributed by atoms with Gasteiger partial charge in [-0.25, -0.2) is 0 Å². The molecule has 1 N–H and O–H groups in total. The van der Waals surface area contributed by atoms with E-state index in [-0.39, 0.29) is 17.9 Å². The van der Waals surface area contributed by atoms with Gasteiger partial charge in [0.1, 0.15) is 5.54 Å². The molecule has 2 aromatic rings. The quantitative estimate of drug-likeness (QED) is 0.844. The van der Waals surface area contributed by atoms with Gasteiger partial charge in [0.05, 0.1) is 16.6 Å². The highest BCUT2D eigenvalue weighted by Crippen LogP contribution is 2.56. The number of anilines is 2. The van der Waals surface area contributed by atoms with Crippen molar-refractivity contribution >= 4 is 34.8 Å². The highest BCUT2D eigenvalue weighted by Gasteiger charge is 2.66. The molecule has 3 aliphatic rings. The fourth-order valence-electron chi connectivity index (χ4n) is 5.45. The average molecular weight is 396 g/mol. The highest BCUT2D eigenvalue weighted by atomic mass is 35.5. The van der Waals surface area contributed by atoms with E-state index >= 15 is 0 Å². The Kier molecular flexibility index (Phi) is 4.00. The van der Waals surface area contributed by atoms with Crippen LogP contribution in [0.2, 0.25) is 5.02 Å². The van der Waals surface area contributed by atoms with Crippen molar-refractivity contribution in [3.63, 3.8) is 0 Å². The second-order valence-corrected chi connectivity index (χ2v) is 8.30. The Labute approximate surface area is 169 Å². The Morgan fingerprint density at radius 1 is 1.18 bits per heavy atom. The minimum Gasteiger partial charge on any atom is -0.324 e. The molecule has 3 heterocycles. The summed E-state index contributed by atoms with van der Waals surface area (Å²) in [6, 6.07) is 15.3. The molecule has 0 radical (unpaired) electrons. The summed E-state index contributed by atoms with van der Waals surface area (Å²) in [6.07, 6.45) is 2.77. The van der Waals surface area contributed by atoms with Crippen LogP contribution in [0.15, 0.2) is 48.5 Å². The summed E-state index contributed by atoms with van der Waals surface area (Å²) in [5.74, 6) is -0.592. The van der Waals surface area contributed by atoms with Crippen LogP contribution >= 0.6 is 11.6 Å². The Hall–Kier alpha value is -2.37. The summed E-state index contributed by atoms with van der Waals surface area (Å²) < 4.78 is 0. The van der Waals surface area contributed by atoms with Crippen LogP contribution in [0.4, 0.5) is 11.4 Å². The Balaban J connectivity index is 1.61. The van der Waals surface area contributed by atoms with Gasteiger partial charge in [0.25, 0.3) is 5.91 Å². The van der Waals surface area contributed by atoms with Crippen molar-refractivity contribution < 1.29 is 9.59 Å². The molecule has 6 heteroatoms. The SMILES string of the molecule is CN1C(=O)C2(c3ccccc31)C(C(=O)Nc1ccccc1Cl)CC1CCCN12. The Morgan fingerprint density at radius 2 is 1.93 bits per heavy atom. The average Bonchev–Trinajstić information content (AvgIpc) is 3.34. The first-order valence-electron chi connectivity index (χ1n) is 9.75. The van der Waals surface area contributed by atoms with E-state index in [1.165, 1.54) is 0 Å². The summed E-state index contributed by atoms with van der Waals surface area (Å²) >= 11 is 6.25. The second-order valence-electron chi connectivity index (χ2n) is 7.89. The second kappa shape index (κ2) is 6.33. The lowest BCUT2D eigenvalue weighted by atomic mass is 9.78. The number of amides is 2. The van der Waals surface area contributed by atoms with Crippen molar-refractivity contribution in [3.05, 3.63) is 59.1 Å². The third-order valence-electron chi connectivity index (χ3n) is 6.60. The van der Waals surface area contributed by atoms with Crippen LogP contribution in [0.3, 0.4) is 0 Å². The number of para-hydroxylation sites is 2. The molecule has 0 aliphatic carbocycles. The number of likely N-dealkylation sites (N-methyl/N-ethyl adjacent to an activating group) is 1. The van der Waals surface area contributed by atoms with Gasteiger partial charge in [0, 0.05) is 24.3 Å². The zero-order chi connectivity index (χ0) is 19.5. The van der Waals surface area contributed by atoms with Crippen molar-refractivity contribution in [1.82, 2.24) is 4.90 Å². The summed E-state index contributed by atoms with van der Waals surface area (Å²) in [6.45, 7) is 0.842. The van der Waals surface area contributed by atoms with E-state index in [9.17, 15) is 9.59 Å². The van der Waals surface area contributed by atoms with Crippen molar-refractivity contribution in [3.8, 4) is 0 Å². The minimum atomic E-state index is -0.919. The van der Waals surface area contributed by atoms with Crippen LogP contribution in [0.25, 0.3) is 0 Å². The predicted octanol–water partition coefficient (Wildman–Crippen LogP) is 3.63. The van der Waals surface area contributed by atoms with E-state index in [0.29, 0.717) is 17.1 Å². The topological polar surface area (TPSA) is 52.7 Å². The monoisotopic (exact) mass is 395 g/mol. The van der Waals surface area contributed by atoms with Crippen LogP contribution in [-0.2, 0) is 15.1 Å². The van der Waals surface area contributed by atoms with Crippen molar-refractivity contribution in [2.24, 2.45) is 5.92 Å². The van der Waals surface area contributed by atoms with E-state index in [4.69, 9.17) is 11.6 Å². The van der Waals surface area contributed by atoms with Crippen molar-refractivity contribution in [2.45, 2.75) is 30.8 Å². The molecule has 0 saturated carbocycles. The molecular formula is C22H22ClN3O2. The number of nitrogens with one attached hydrogen (secondary N) is 1. The molecule has 5 nitrogen and oxygen atoms in total. The number of hydrogen-bond acceptors (Lipinski definition) is 3. The lowest BCUT2D eigenvalue weighted by Crippen LogP contribution is -2.55. The molecule has 1 spiro atoms. The summed E-state index contributed by atoms with van der Waals surface area (Å²) in [4.78, 5) is 31.1. The molecule has 3 atom stereocenters. The normalized spacial score (nSPS) is 28.6. The van der Waals surface area contributed by atoms with Gasteiger partial charge in [0.15, 0.2) is 0 Å². The van der Waals surface area contributed by atoms with Crippen LogP contribution in [-0.4, -0.2) is 36.3 Å². The van der Waals surface area contributed by atoms with Crippen LogP contribution < -0.4 is 10.2 Å². The number of fused-ring (bicyclic) bond motifs is 4. The fraction of sp³-hybridized carbons (Fsp3) is 0.364. The molecule has 144 valence electrons. The van der Waals surface area contributed by atoms with Crippen LogP contribution in [0.1, 0.15) is 24.8 Å². The minimum absolute atomic E-state index is 0.00240. The maximum atomic E-state index is 13.6. The van der Waals surface area contributed by atoms with Gasteiger partial charge in [0.2, 0.25) is 5.91 Å². The third-order valence-corrected chi connectivity index (χ3v) is 6.93. The van der Waals surface area contributed by atoms with E-state index < -0.39 is 11.5 Å². The van der Waals surface area contributed by atoms with Gasteiger partial charge in [-0.1, -0.05) is 41.9 Å². The zero-order valence-electron chi connectivity index (χ0n) is 15.7. The van der Waals surface area contributed by atoms with E-state index in [0.717, 1.165) is 30.6 Å². The number of carbonyl (C=O) groups excluding carboxylic acids is 2. The summed E-state index contributed by atoms with van der Waals surface area (Å²) in [7, 11) is 1.81. The van der Waals surface area contributed by atoms with Gasteiger partial charge in [-0.05, 0) is 44.0 Å². The first-order valence-corrected chi connectivity index (χ1v) is 10.1. The summed E-state index contributed by atoms with van der Waals surface area (Å²) in [5.41, 5.74) is 1.52. The number of carbonyl (C=O) groups is 2. The van der Waals surface area contributed by atoms with Gasteiger partial charge >= 0.3 is 0 Å². The maximum Gasteiger partial charge on any atom is 0.252 e. The summed E-state index contributed by atoms with van der Waals surface area (Å²) in [5, 5.41) is 3.49. The van der Waals surface area contributed by atoms with Crippen LogP contribution in [0, 0.1) is 5.92 Å². The number of hydrogen-bond donors (Lipinski definition) is 1. The zero-order valence-corrected chi connectivity index (χ0v) is 16.4. The Bertz CT molecular complexity index is 978. The molecular weight excluding hydrogens is 374 g/mol. The molecule has 2 fully saturated rings. The molecule has 3 aliphatic heterocycles. The van der Waals surface area contributed by atoms with Gasteiger partial charge in [-0.2, -0.15) is 0 Å². The first kappa shape index (κ1) is 17.7. The van der Waals surface area contributed by atoms with Crippen molar-refractivity contribution in [2.75, 3.05) is 23.8 Å². The molecule has 2 saturated heterocycles. The number of benzene rings is 2. The lowest BCUT2D eigenvalue weighted by molar-refractivity contribution is -0.136. The molecule has 0 bridgehead atoms. The number of nitrogens with zero attached hydrogens (tertiary/aromatic N) is 2. The predicted molar refractivity (Wildman–Crippen MR) is 109 cm³/mol. The fourth-order valence-corrected chi connectivity index (χ4v) is 5.63. The molecule has 28 heavy (non-hydrogen) atoms. The largest absolute Gasteiger partial charge is 0.324 e. The molecule has 5 rings (SSSR count). The van der Waals surface area contributed by atoms with Gasteiger partial charge < -0.3 is 10.2 Å². The standard InChI is InChI=1S/C22H22ClN3O2/c1-25-19-11-5-2-8-15(19)22(21(25)28)16(13-14-7-6-12-26(14)22)20(27)24-18-10-4-3-9-17(18)23/h2-5,8-11,14,16H,6-7,12-13H2,1H3,(H,24,27). The first-order chi connectivity index (χ1) is 13.5. The molecule has 0 aromatic heterocycles. The highest BCUT2D eigenvalue weighted by molar-refractivity contribution is 6.33. The number of halogens is 1. The number of rotatable bonds is 2. The van der Waals surface area contributed by atoms with Crippen LogP contribution in [0.5, 0.6) is 0 Å². The maximum absolute atomic E-state index is 13.6. The van der Waals surface area contributed by atoms with Crippen molar-refractivity contribution in [1.29, 1.82) is 0 Å². The van der Waals surface area contributed by atoms with E-state index in [1.807, 2.05) is 43.4 Å². The smallest absolute Gasteiger partial charge is 0.252 e.